The number of nitrogens with one attached hydrogen (secondary N) is 1. The van der Waals surface area contributed by atoms with Gasteiger partial charge >= 0.3 is 0 Å². The van der Waals surface area contributed by atoms with E-state index in [1.807, 2.05) is 31.1 Å². The lowest BCUT2D eigenvalue weighted by Gasteiger charge is -2.34. The number of carbonyl (C=O) groups excluding carboxylic acids is 2. The van der Waals surface area contributed by atoms with Gasteiger partial charge in [-0.15, -0.1) is 11.3 Å². The van der Waals surface area contributed by atoms with Crippen molar-refractivity contribution < 1.29 is 9.59 Å². The van der Waals surface area contributed by atoms with Gasteiger partial charge in [-0.1, -0.05) is 26.8 Å². The first-order valence-electron chi connectivity index (χ1n) is 8.70. The van der Waals surface area contributed by atoms with Crippen LogP contribution in [0.3, 0.4) is 0 Å². The van der Waals surface area contributed by atoms with Crippen LogP contribution in [0, 0.1) is 5.41 Å². The number of benzene rings is 1. The SMILES string of the molecule is CC(C)(C)C(=O)Nc1cccc(C(=O)N2CCN(c3nccs3)CC2)c1. The summed E-state index contributed by atoms with van der Waals surface area (Å²) in [7, 11) is 0. The summed E-state index contributed by atoms with van der Waals surface area (Å²) in [5, 5.41) is 5.85. The van der Waals surface area contributed by atoms with Crippen molar-refractivity contribution >= 4 is 34.0 Å². The Morgan fingerprint density at radius 2 is 1.88 bits per heavy atom. The predicted molar refractivity (Wildman–Crippen MR) is 105 cm³/mol. The van der Waals surface area contributed by atoms with E-state index in [4.69, 9.17) is 0 Å². The third-order valence-electron chi connectivity index (χ3n) is 4.31. The molecule has 7 heteroatoms. The quantitative estimate of drug-likeness (QED) is 0.899. The minimum absolute atomic E-state index is 0.00403. The van der Waals surface area contributed by atoms with Gasteiger partial charge in [0.05, 0.1) is 0 Å². The van der Waals surface area contributed by atoms with E-state index in [2.05, 4.69) is 15.2 Å². The van der Waals surface area contributed by atoms with E-state index in [-0.39, 0.29) is 11.8 Å². The molecule has 1 aromatic carbocycles. The van der Waals surface area contributed by atoms with Gasteiger partial charge in [0.15, 0.2) is 5.13 Å². The summed E-state index contributed by atoms with van der Waals surface area (Å²) in [5.41, 5.74) is 0.767. The van der Waals surface area contributed by atoms with Crippen LogP contribution >= 0.6 is 11.3 Å². The van der Waals surface area contributed by atoms with Gasteiger partial charge in [0.1, 0.15) is 0 Å². The van der Waals surface area contributed by atoms with Crippen LogP contribution in [0.2, 0.25) is 0 Å². The zero-order valence-corrected chi connectivity index (χ0v) is 16.2. The highest BCUT2D eigenvalue weighted by Gasteiger charge is 2.24. The van der Waals surface area contributed by atoms with E-state index in [1.165, 1.54) is 0 Å². The third kappa shape index (κ3) is 4.22. The fourth-order valence-electron chi connectivity index (χ4n) is 2.70. The van der Waals surface area contributed by atoms with Gasteiger partial charge in [0.25, 0.3) is 5.91 Å². The molecule has 3 rings (SSSR count). The number of nitrogens with zero attached hydrogens (tertiary/aromatic N) is 3. The Balaban J connectivity index is 1.63. The van der Waals surface area contributed by atoms with Crippen molar-refractivity contribution in [3.05, 3.63) is 41.4 Å². The number of piperazine rings is 1. The number of thiazole rings is 1. The number of rotatable bonds is 3. The largest absolute Gasteiger partial charge is 0.345 e. The van der Waals surface area contributed by atoms with Crippen molar-refractivity contribution in [2.45, 2.75) is 20.8 Å². The second kappa shape index (κ2) is 7.45. The average molecular weight is 372 g/mol. The van der Waals surface area contributed by atoms with E-state index < -0.39 is 5.41 Å². The molecule has 2 aromatic rings. The molecule has 1 aromatic heterocycles. The van der Waals surface area contributed by atoms with Crippen molar-refractivity contribution in [1.82, 2.24) is 9.88 Å². The molecule has 0 atom stereocenters. The van der Waals surface area contributed by atoms with Gasteiger partial charge in [-0.25, -0.2) is 4.98 Å². The molecular weight excluding hydrogens is 348 g/mol. The van der Waals surface area contributed by atoms with E-state index in [0.717, 1.165) is 18.2 Å². The zero-order chi connectivity index (χ0) is 18.7. The Kier molecular flexibility index (Phi) is 5.27. The Morgan fingerprint density at radius 1 is 1.15 bits per heavy atom. The maximum absolute atomic E-state index is 12.8. The van der Waals surface area contributed by atoms with Crippen LogP contribution < -0.4 is 10.2 Å². The zero-order valence-electron chi connectivity index (χ0n) is 15.4. The summed E-state index contributed by atoms with van der Waals surface area (Å²) >= 11 is 1.62. The number of aromatic nitrogens is 1. The molecule has 6 nitrogen and oxygen atoms in total. The molecule has 0 aliphatic carbocycles. The van der Waals surface area contributed by atoms with Gasteiger partial charge < -0.3 is 15.1 Å². The van der Waals surface area contributed by atoms with Gasteiger partial charge in [-0.2, -0.15) is 0 Å². The van der Waals surface area contributed by atoms with Crippen molar-refractivity contribution in [2.75, 3.05) is 36.4 Å². The van der Waals surface area contributed by atoms with Gasteiger partial charge in [0.2, 0.25) is 5.91 Å². The Morgan fingerprint density at radius 3 is 2.50 bits per heavy atom. The third-order valence-corrected chi connectivity index (χ3v) is 5.14. The standard InChI is InChI=1S/C19H24N4O2S/c1-19(2,3)17(25)21-15-6-4-5-14(13-15)16(24)22-8-10-23(11-9-22)18-20-7-12-26-18/h4-7,12-13H,8-11H2,1-3H3,(H,21,25). The average Bonchev–Trinajstić information content (AvgIpc) is 3.15. The van der Waals surface area contributed by atoms with Crippen molar-refractivity contribution in [3.63, 3.8) is 0 Å². The molecule has 1 N–H and O–H groups in total. The molecule has 26 heavy (non-hydrogen) atoms. The molecule has 1 saturated heterocycles. The molecule has 2 heterocycles. The van der Waals surface area contributed by atoms with Crippen LogP contribution in [0.4, 0.5) is 10.8 Å². The summed E-state index contributed by atoms with van der Waals surface area (Å²) in [6.07, 6.45) is 1.80. The first-order valence-corrected chi connectivity index (χ1v) is 9.58. The molecule has 0 radical (unpaired) electrons. The Hall–Kier alpha value is -2.41. The summed E-state index contributed by atoms with van der Waals surface area (Å²) in [6, 6.07) is 7.15. The highest BCUT2D eigenvalue weighted by atomic mass is 32.1. The van der Waals surface area contributed by atoms with Gasteiger partial charge in [-0.05, 0) is 18.2 Å². The predicted octanol–water partition coefficient (Wildman–Crippen LogP) is 3.09. The van der Waals surface area contributed by atoms with E-state index in [1.54, 1.807) is 41.8 Å². The molecule has 0 saturated carbocycles. The number of anilines is 2. The van der Waals surface area contributed by atoms with Gasteiger partial charge in [0, 0.05) is 54.4 Å². The minimum atomic E-state index is -0.480. The lowest BCUT2D eigenvalue weighted by atomic mass is 9.95. The van der Waals surface area contributed by atoms with E-state index >= 15 is 0 Å². The van der Waals surface area contributed by atoms with Crippen LogP contribution in [0.15, 0.2) is 35.8 Å². The van der Waals surface area contributed by atoms with Crippen LogP contribution in [0.1, 0.15) is 31.1 Å². The first kappa shape index (κ1) is 18.4. The van der Waals surface area contributed by atoms with Crippen molar-refractivity contribution in [2.24, 2.45) is 5.41 Å². The molecule has 2 amide bonds. The van der Waals surface area contributed by atoms with Crippen LogP contribution in [-0.4, -0.2) is 47.9 Å². The number of carbonyl (C=O) groups is 2. The van der Waals surface area contributed by atoms with E-state index in [9.17, 15) is 9.59 Å². The normalized spacial score (nSPS) is 15.0. The molecule has 0 bridgehead atoms. The number of amides is 2. The monoisotopic (exact) mass is 372 g/mol. The molecule has 138 valence electrons. The minimum Gasteiger partial charge on any atom is -0.345 e. The van der Waals surface area contributed by atoms with Crippen molar-refractivity contribution in [1.29, 1.82) is 0 Å². The van der Waals surface area contributed by atoms with Crippen LogP contribution in [0.25, 0.3) is 0 Å². The summed E-state index contributed by atoms with van der Waals surface area (Å²) in [5.74, 6) is -0.0743. The van der Waals surface area contributed by atoms with Crippen LogP contribution in [0.5, 0.6) is 0 Å². The fraction of sp³-hybridized carbons (Fsp3) is 0.421. The number of hydrogen-bond acceptors (Lipinski definition) is 5. The highest BCUT2D eigenvalue weighted by Crippen LogP contribution is 2.21. The lowest BCUT2D eigenvalue weighted by Crippen LogP contribution is -2.48. The molecular formula is C19H24N4O2S. The molecule has 0 unspecified atom stereocenters. The van der Waals surface area contributed by atoms with Crippen molar-refractivity contribution in [3.8, 4) is 0 Å². The maximum atomic E-state index is 12.8. The molecule has 1 aliphatic heterocycles. The second-order valence-corrected chi connectivity index (χ2v) is 8.25. The molecule has 1 fully saturated rings. The summed E-state index contributed by atoms with van der Waals surface area (Å²) in [4.78, 5) is 33.3. The topological polar surface area (TPSA) is 65.5 Å². The van der Waals surface area contributed by atoms with Gasteiger partial charge in [-0.3, -0.25) is 9.59 Å². The molecule has 0 spiro atoms. The lowest BCUT2D eigenvalue weighted by molar-refractivity contribution is -0.123. The smallest absolute Gasteiger partial charge is 0.254 e. The maximum Gasteiger partial charge on any atom is 0.254 e. The Bertz CT molecular complexity index is 775. The Labute approximate surface area is 157 Å². The summed E-state index contributed by atoms with van der Waals surface area (Å²) < 4.78 is 0. The first-order chi connectivity index (χ1) is 12.3. The second-order valence-electron chi connectivity index (χ2n) is 7.38. The van der Waals surface area contributed by atoms with E-state index in [0.29, 0.717) is 24.3 Å². The summed E-state index contributed by atoms with van der Waals surface area (Å²) in [6.45, 7) is 8.46. The highest BCUT2D eigenvalue weighted by molar-refractivity contribution is 7.13. The fourth-order valence-corrected chi connectivity index (χ4v) is 3.40. The number of hydrogen-bond donors (Lipinski definition) is 1. The molecule has 1 aliphatic rings. The van der Waals surface area contributed by atoms with Crippen LogP contribution in [-0.2, 0) is 4.79 Å².